The average molecular weight is 182 g/mol. The van der Waals surface area contributed by atoms with Crippen LogP contribution in [0.4, 0.5) is 0 Å². The first-order valence-corrected chi connectivity index (χ1v) is 4.01. The van der Waals surface area contributed by atoms with E-state index in [1.165, 1.54) is 6.33 Å². The van der Waals surface area contributed by atoms with Crippen molar-refractivity contribution in [1.29, 1.82) is 0 Å². The molecule has 2 rings (SSSR count). The van der Waals surface area contributed by atoms with Crippen molar-refractivity contribution in [2.45, 2.75) is 18.9 Å². The molecule has 5 heteroatoms. The van der Waals surface area contributed by atoms with Gasteiger partial charge in [-0.05, 0) is 6.92 Å². The van der Waals surface area contributed by atoms with E-state index in [4.69, 9.17) is 9.84 Å². The lowest BCUT2D eigenvalue weighted by Crippen LogP contribution is -2.42. The van der Waals surface area contributed by atoms with E-state index in [-0.39, 0.29) is 6.61 Å². The van der Waals surface area contributed by atoms with E-state index in [0.717, 1.165) is 5.69 Å². The molecule has 0 aliphatic carbocycles. The van der Waals surface area contributed by atoms with E-state index in [2.05, 4.69) is 9.97 Å². The van der Waals surface area contributed by atoms with Crippen LogP contribution < -0.4 is 0 Å². The number of aliphatic hydroxyl groups excluding tert-OH is 1. The number of hydrogen-bond acceptors (Lipinski definition) is 4. The van der Waals surface area contributed by atoms with Gasteiger partial charge in [0.2, 0.25) is 0 Å². The molecular weight excluding hydrogens is 172 g/mol. The maximum absolute atomic E-state index is 11.3. The van der Waals surface area contributed by atoms with Crippen molar-refractivity contribution in [1.82, 2.24) is 9.97 Å². The Bertz CT molecular complexity index is 347. The molecule has 5 nitrogen and oxygen atoms in total. The highest BCUT2D eigenvalue weighted by atomic mass is 16.6. The summed E-state index contributed by atoms with van der Waals surface area (Å²) in [6, 6.07) is 0. The van der Waals surface area contributed by atoms with Gasteiger partial charge in [0.15, 0.2) is 5.69 Å². The molecule has 1 aromatic heterocycles. The second-order valence-electron chi connectivity index (χ2n) is 3.40. The number of carbonyl (C=O) groups is 1. The number of nitrogens with zero attached hydrogens (tertiary/aromatic N) is 1. The van der Waals surface area contributed by atoms with Gasteiger partial charge in [0, 0.05) is 6.42 Å². The zero-order valence-corrected chi connectivity index (χ0v) is 7.20. The minimum atomic E-state index is -0.809. The molecule has 0 fully saturated rings. The number of ether oxygens (including phenoxy) is 1. The first-order chi connectivity index (χ1) is 6.14. The highest BCUT2D eigenvalue weighted by molar-refractivity contribution is 5.89. The molecule has 1 aromatic rings. The van der Waals surface area contributed by atoms with Crippen LogP contribution in [0.25, 0.3) is 0 Å². The molecule has 13 heavy (non-hydrogen) atoms. The molecule has 0 amide bonds. The lowest BCUT2D eigenvalue weighted by molar-refractivity contribution is -0.0431. The number of imidazole rings is 1. The van der Waals surface area contributed by atoms with E-state index >= 15 is 0 Å². The van der Waals surface area contributed by atoms with Crippen LogP contribution in [0.3, 0.4) is 0 Å². The maximum Gasteiger partial charge on any atom is 0.359 e. The zero-order chi connectivity index (χ0) is 9.47. The number of esters is 1. The van der Waals surface area contributed by atoms with Gasteiger partial charge in [0.25, 0.3) is 0 Å². The summed E-state index contributed by atoms with van der Waals surface area (Å²) in [7, 11) is 0. The van der Waals surface area contributed by atoms with E-state index in [1.807, 2.05) is 0 Å². The molecule has 0 aromatic carbocycles. The summed E-state index contributed by atoms with van der Waals surface area (Å²) < 4.78 is 5.04. The molecule has 1 aliphatic heterocycles. The lowest BCUT2D eigenvalue weighted by Gasteiger charge is -2.30. The molecule has 1 aliphatic rings. The lowest BCUT2D eigenvalue weighted by atomic mass is 9.97. The third kappa shape index (κ3) is 1.21. The van der Waals surface area contributed by atoms with Crippen molar-refractivity contribution < 1.29 is 14.6 Å². The standard InChI is InChI=1S/C8H10N2O3/c1-8(3-11)2-5-6(7(12)13-8)10-4-9-5/h4,11H,2-3H2,1H3,(H,9,10). The number of fused-ring (bicyclic) bond motifs is 1. The van der Waals surface area contributed by atoms with Crippen molar-refractivity contribution in [2.75, 3.05) is 6.61 Å². The van der Waals surface area contributed by atoms with Crippen LogP contribution in [0.1, 0.15) is 23.1 Å². The predicted octanol–water partition coefficient (Wildman–Crippen LogP) is -0.126. The number of carbonyl (C=O) groups excluding carboxylic acids is 1. The molecule has 1 unspecified atom stereocenters. The van der Waals surface area contributed by atoms with Gasteiger partial charge >= 0.3 is 5.97 Å². The van der Waals surface area contributed by atoms with Gasteiger partial charge in [-0.2, -0.15) is 0 Å². The fourth-order valence-electron chi connectivity index (χ4n) is 1.40. The summed E-state index contributed by atoms with van der Waals surface area (Å²) in [5.74, 6) is -0.473. The Hall–Kier alpha value is -1.36. The molecule has 70 valence electrons. The van der Waals surface area contributed by atoms with Gasteiger partial charge in [-0.1, -0.05) is 0 Å². The fourth-order valence-corrected chi connectivity index (χ4v) is 1.40. The van der Waals surface area contributed by atoms with E-state index in [9.17, 15) is 4.79 Å². The van der Waals surface area contributed by atoms with Gasteiger partial charge < -0.3 is 14.8 Å². The normalized spacial score (nSPS) is 26.8. The molecule has 2 N–H and O–H groups in total. The molecule has 2 heterocycles. The van der Waals surface area contributed by atoms with Gasteiger partial charge in [-0.25, -0.2) is 9.78 Å². The van der Waals surface area contributed by atoms with Crippen molar-refractivity contribution in [3.63, 3.8) is 0 Å². The van der Waals surface area contributed by atoms with Gasteiger partial charge in [0.1, 0.15) is 5.60 Å². The zero-order valence-electron chi connectivity index (χ0n) is 7.20. The monoisotopic (exact) mass is 182 g/mol. The van der Waals surface area contributed by atoms with Crippen LogP contribution in [-0.2, 0) is 11.2 Å². The number of hydrogen-bond donors (Lipinski definition) is 2. The highest BCUT2D eigenvalue weighted by Gasteiger charge is 2.37. The average Bonchev–Trinajstić information content (AvgIpc) is 2.52. The first kappa shape index (κ1) is 8.25. The highest BCUT2D eigenvalue weighted by Crippen LogP contribution is 2.25. The van der Waals surface area contributed by atoms with Crippen LogP contribution in [0, 0.1) is 0 Å². The number of aromatic amines is 1. The second-order valence-corrected chi connectivity index (χ2v) is 3.40. The maximum atomic E-state index is 11.3. The topological polar surface area (TPSA) is 75.2 Å². The number of aliphatic hydroxyl groups is 1. The summed E-state index contributed by atoms with van der Waals surface area (Å²) in [6.07, 6.45) is 1.93. The third-order valence-electron chi connectivity index (χ3n) is 2.14. The minimum absolute atomic E-state index is 0.183. The second kappa shape index (κ2) is 2.56. The summed E-state index contributed by atoms with van der Waals surface area (Å²) in [4.78, 5) is 18.0. The van der Waals surface area contributed by atoms with Crippen LogP contribution >= 0.6 is 0 Å². The van der Waals surface area contributed by atoms with Crippen molar-refractivity contribution in [3.05, 3.63) is 17.7 Å². The number of cyclic esters (lactones) is 1. The molecule has 0 radical (unpaired) electrons. The number of aromatic nitrogens is 2. The van der Waals surface area contributed by atoms with Crippen LogP contribution in [0.2, 0.25) is 0 Å². The summed E-state index contributed by atoms with van der Waals surface area (Å²) in [5, 5.41) is 9.02. The van der Waals surface area contributed by atoms with E-state index < -0.39 is 11.6 Å². The third-order valence-corrected chi connectivity index (χ3v) is 2.14. The molecule has 0 spiro atoms. The Labute approximate surface area is 74.7 Å². The Morgan fingerprint density at radius 2 is 2.62 bits per heavy atom. The fraction of sp³-hybridized carbons (Fsp3) is 0.500. The van der Waals surface area contributed by atoms with Gasteiger partial charge in [-0.15, -0.1) is 0 Å². The first-order valence-electron chi connectivity index (χ1n) is 4.01. The predicted molar refractivity (Wildman–Crippen MR) is 43.2 cm³/mol. The van der Waals surface area contributed by atoms with Crippen LogP contribution in [-0.4, -0.2) is 33.3 Å². The SMILES string of the molecule is CC1(CO)Cc2[nH]cnc2C(=O)O1. The van der Waals surface area contributed by atoms with Crippen molar-refractivity contribution >= 4 is 5.97 Å². The molecule has 0 bridgehead atoms. The van der Waals surface area contributed by atoms with Gasteiger partial charge in [0.05, 0.1) is 18.6 Å². The smallest absolute Gasteiger partial charge is 0.359 e. The summed E-state index contributed by atoms with van der Waals surface area (Å²) >= 11 is 0. The molecule has 0 saturated heterocycles. The molecule has 1 atom stereocenters. The van der Waals surface area contributed by atoms with Crippen LogP contribution in [0.5, 0.6) is 0 Å². The van der Waals surface area contributed by atoms with E-state index in [0.29, 0.717) is 12.1 Å². The summed E-state index contributed by atoms with van der Waals surface area (Å²) in [5.41, 5.74) is 0.245. The van der Waals surface area contributed by atoms with E-state index in [1.54, 1.807) is 6.92 Å². The quantitative estimate of drug-likeness (QED) is 0.593. The Morgan fingerprint density at radius 1 is 1.85 bits per heavy atom. The minimum Gasteiger partial charge on any atom is -0.452 e. The number of nitrogens with one attached hydrogen (secondary N) is 1. The van der Waals surface area contributed by atoms with Crippen molar-refractivity contribution in [2.24, 2.45) is 0 Å². The Morgan fingerprint density at radius 3 is 3.31 bits per heavy atom. The number of H-pyrrole nitrogens is 1. The Kier molecular flexibility index (Phi) is 1.63. The van der Waals surface area contributed by atoms with Crippen LogP contribution in [0.15, 0.2) is 6.33 Å². The van der Waals surface area contributed by atoms with Crippen molar-refractivity contribution in [3.8, 4) is 0 Å². The summed E-state index contributed by atoms with van der Waals surface area (Å²) in [6.45, 7) is 1.51. The Balaban J connectivity index is 2.39. The molecule has 0 saturated carbocycles. The number of rotatable bonds is 1. The molecular formula is C8H10N2O3. The largest absolute Gasteiger partial charge is 0.452 e. The van der Waals surface area contributed by atoms with Gasteiger partial charge in [-0.3, -0.25) is 0 Å².